The molecule has 2 aromatic carbocycles. The molecule has 0 aliphatic carbocycles. The van der Waals surface area contributed by atoms with E-state index in [4.69, 9.17) is 21.1 Å². The standard InChI is InChI=1S/C20H17ClF3N3O3/c1-29-14-6-4-5-13(9-14)11-25-18(28)12-30-19-10-17(20(22,23)24)26-27(19)16-8-3-2-7-15(16)21/h2-10H,11-12H2,1H3,(H,25,28). The van der Waals surface area contributed by atoms with Gasteiger partial charge in [0.25, 0.3) is 5.91 Å². The summed E-state index contributed by atoms with van der Waals surface area (Å²) in [6.45, 7) is -0.297. The van der Waals surface area contributed by atoms with Crippen molar-refractivity contribution in [3.05, 3.63) is 70.9 Å². The number of nitrogens with zero attached hydrogens (tertiary/aromatic N) is 2. The second-order valence-corrected chi connectivity index (χ2v) is 6.55. The van der Waals surface area contributed by atoms with Crippen LogP contribution in [-0.4, -0.2) is 29.4 Å². The van der Waals surface area contributed by atoms with Gasteiger partial charge in [-0.3, -0.25) is 4.79 Å². The predicted molar refractivity (Wildman–Crippen MR) is 104 cm³/mol. The van der Waals surface area contributed by atoms with Crippen LogP contribution in [0, 0.1) is 0 Å². The van der Waals surface area contributed by atoms with Crippen LogP contribution in [0.4, 0.5) is 13.2 Å². The second kappa shape index (κ2) is 9.08. The first-order valence-electron chi connectivity index (χ1n) is 8.72. The van der Waals surface area contributed by atoms with E-state index in [1.165, 1.54) is 19.2 Å². The van der Waals surface area contributed by atoms with Gasteiger partial charge in [0, 0.05) is 12.6 Å². The number of amides is 1. The summed E-state index contributed by atoms with van der Waals surface area (Å²) in [5.41, 5.74) is -0.168. The minimum Gasteiger partial charge on any atom is -0.497 e. The van der Waals surface area contributed by atoms with Crippen molar-refractivity contribution in [2.24, 2.45) is 0 Å². The van der Waals surface area contributed by atoms with Gasteiger partial charge in [0.1, 0.15) is 5.75 Å². The highest BCUT2D eigenvalue weighted by Crippen LogP contribution is 2.33. The van der Waals surface area contributed by atoms with E-state index in [9.17, 15) is 18.0 Å². The number of methoxy groups -OCH3 is 1. The van der Waals surface area contributed by atoms with Crippen LogP contribution >= 0.6 is 11.6 Å². The minimum absolute atomic E-state index is 0.182. The Balaban J connectivity index is 1.71. The van der Waals surface area contributed by atoms with Gasteiger partial charge in [0.05, 0.1) is 17.8 Å². The molecule has 0 saturated carbocycles. The van der Waals surface area contributed by atoms with Crippen LogP contribution in [0.1, 0.15) is 11.3 Å². The van der Waals surface area contributed by atoms with Crippen LogP contribution < -0.4 is 14.8 Å². The molecule has 0 atom stereocenters. The molecule has 0 saturated heterocycles. The number of hydrogen-bond donors (Lipinski definition) is 1. The zero-order valence-electron chi connectivity index (χ0n) is 15.7. The molecule has 3 rings (SSSR count). The smallest absolute Gasteiger partial charge is 0.435 e. The highest BCUT2D eigenvalue weighted by atomic mass is 35.5. The summed E-state index contributed by atoms with van der Waals surface area (Å²) in [6, 6.07) is 14.0. The Morgan fingerprint density at radius 3 is 2.63 bits per heavy atom. The third-order valence-corrected chi connectivity index (χ3v) is 4.34. The molecule has 0 aliphatic heterocycles. The Labute approximate surface area is 175 Å². The largest absolute Gasteiger partial charge is 0.497 e. The zero-order valence-corrected chi connectivity index (χ0v) is 16.5. The van der Waals surface area contributed by atoms with Crippen LogP contribution in [0.15, 0.2) is 54.6 Å². The van der Waals surface area contributed by atoms with E-state index in [2.05, 4.69) is 10.4 Å². The number of para-hydroxylation sites is 1. The molecule has 0 aliphatic rings. The first kappa shape index (κ1) is 21.5. The van der Waals surface area contributed by atoms with Gasteiger partial charge in [0.15, 0.2) is 12.3 Å². The van der Waals surface area contributed by atoms with Gasteiger partial charge in [-0.25, -0.2) is 0 Å². The molecule has 158 valence electrons. The highest BCUT2D eigenvalue weighted by molar-refractivity contribution is 6.32. The number of rotatable bonds is 7. The van der Waals surface area contributed by atoms with Crippen molar-refractivity contribution in [2.75, 3.05) is 13.7 Å². The van der Waals surface area contributed by atoms with E-state index in [0.717, 1.165) is 16.3 Å². The van der Waals surface area contributed by atoms with Crippen molar-refractivity contribution >= 4 is 17.5 Å². The number of nitrogens with one attached hydrogen (secondary N) is 1. The molecule has 1 heterocycles. The Morgan fingerprint density at radius 2 is 1.93 bits per heavy atom. The number of hydrogen-bond acceptors (Lipinski definition) is 4. The number of carbonyl (C=O) groups excluding carboxylic acids is 1. The van der Waals surface area contributed by atoms with Crippen molar-refractivity contribution in [3.8, 4) is 17.3 Å². The highest BCUT2D eigenvalue weighted by Gasteiger charge is 2.36. The molecule has 30 heavy (non-hydrogen) atoms. The van der Waals surface area contributed by atoms with Crippen LogP contribution in [0.2, 0.25) is 5.02 Å². The molecular formula is C20H17ClF3N3O3. The first-order chi connectivity index (χ1) is 14.3. The molecule has 0 unspecified atom stereocenters. The average molecular weight is 440 g/mol. The third kappa shape index (κ3) is 5.24. The fraction of sp³-hybridized carbons (Fsp3) is 0.200. The molecular weight excluding hydrogens is 423 g/mol. The van der Waals surface area contributed by atoms with E-state index in [0.29, 0.717) is 5.75 Å². The van der Waals surface area contributed by atoms with Crippen molar-refractivity contribution in [3.63, 3.8) is 0 Å². The molecule has 0 bridgehead atoms. The van der Waals surface area contributed by atoms with Crippen LogP contribution in [0.5, 0.6) is 11.6 Å². The molecule has 1 aromatic heterocycles. The molecule has 1 N–H and O–H groups in total. The van der Waals surface area contributed by atoms with Gasteiger partial charge in [-0.15, -0.1) is 0 Å². The number of alkyl halides is 3. The predicted octanol–water partition coefficient (Wildman–Crippen LogP) is 4.25. The molecule has 6 nitrogen and oxygen atoms in total. The normalized spacial score (nSPS) is 11.2. The summed E-state index contributed by atoms with van der Waals surface area (Å²) in [5, 5.41) is 6.35. The Bertz CT molecular complexity index is 1040. The average Bonchev–Trinajstić information content (AvgIpc) is 3.16. The van der Waals surface area contributed by atoms with Crippen molar-refractivity contribution in [1.29, 1.82) is 0 Å². The number of aromatic nitrogens is 2. The summed E-state index contributed by atoms with van der Waals surface area (Å²) in [7, 11) is 1.53. The Hall–Kier alpha value is -3.20. The van der Waals surface area contributed by atoms with Crippen molar-refractivity contribution in [2.45, 2.75) is 12.7 Å². The van der Waals surface area contributed by atoms with E-state index in [1.807, 2.05) is 0 Å². The second-order valence-electron chi connectivity index (χ2n) is 6.15. The summed E-state index contributed by atoms with van der Waals surface area (Å²) in [4.78, 5) is 12.1. The van der Waals surface area contributed by atoms with E-state index >= 15 is 0 Å². The fourth-order valence-corrected chi connectivity index (χ4v) is 2.79. The summed E-state index contributed by atoms with van der Waals surface area (Å²) < 4.78 is 50.7. The maximum Gasteiger partial charge on any atom is 0.435 e. The lowest BCUT2D eigenvalue weighted by molar-refractivity contribution is -0.141. The minimum atomic E-state index is -4.68. The Morgan fingerprint density at radius 1 is 1.17 bits per heavy atom. The quantitative estimate of drug-likeness (QED) is 0.598. The summed E-state index contributed by atoms with van der Waals surface area (Å²) in [6.07, 6.45) is -4.68. The van der Waals surface area contributed by atoms with Crippen molar-refractivity contribution in [1.82, 2.24) is 15.1 Å². The van der Waals surface area contributed by atoms with E-state index in [-0.39, 0.29) is 23.1 Å². The van der Waals surface area contributed by atoms with Gasteiger partial charge < -0.3 is 14.8 Å². The first-order valence-corrected chi connectivity index (χ1v) is 9.10. The lowest BCUT2D eigenvalue weighted by Gasteiger charge is -2.11. The lowest BCUT2D eigenvalue weighted by atomic mass is 10.2. The molecule has 0 radical (unpaired) electrons. The summed E-state index contributed by atoms with van der Waals surface area (Å²) in [5.74, 6) is -0.133. The van der Waals surface area contributed by atoms with E-state index in [1.54, 1.807) is 36.4 Å². The van der Waals surface area contributed by atoms with Gasteiger partial charge >= 0.3 is 6.18 Å². The van der Waals surface area contributed by atoms with Gasteiger partial charge in [-0.1, -0.05) is 35.9 Å². The molecule has 1 amide bonds. The summed E-state index contributed by atoms with van der Waals surface area (Å²) >= 11 is 6.07. The van der Waals surface area contributed by atoms with Crippen molar-refractivity contribution < 1.29 is 27.4 Å². The Kier molecular flexibility index (Phi) is 6.51. The number of carbonyl (C=O) groups is 1. The number of benzene rings is 2. The lowest BCUT2D eigenvalue weighted by Crippen LogP contribution is -2.28. The fourth-order valence-electron chi connectivity index (χ4n) is 2.57. The SMILES string of the molecule is COc1cccc(CNC(=O)COc2cc(C(F)(F)F)nn2-c2ccccc2Cl)c1. The molecule has 10 heteroatoms. The maximum atomic E-state index is 13.1. The van der Waals surface area contributed by atoms with Crippen LogP contribution in [-0.2, 0) is 17.5 Å². The molecule has 3 aromatic rings. The van der Waals surface area contributed by atoms with Crippen LogP contribution in [0.25, 0.3) is 5.69 Å². The van der Waals surface area contributed by atoms with Gasteiger partial charge in [-0.2, -0.15) is 23.0 Å². The van der Waals surface area contributed by atoms with Crippen LogP contribution in [0.3, 0.4) is 0 Å². The third-order valence-electron chi connectivity index (χ3n) is 4.02. The molecule has 0 fully saturated rings. The maximum absolute atomic E-state index is 13.1. The van der Waals surface area contributed by atoms with E-state index < -0.39 is 24.4 Å². The topological polar surface area (TPSA) is 65.4 Å². The number of halogens is 4. The molecule has 0 spiro atoms. The number of ether oxygens (including phenoxy) is 2. The zero-order chi connectivity index (χ0) is 21.7. The van der Waals surface area contributed by atoms with Gasteiger partial charge in [0.2, 0.25) is 5.88 Å². The monoisotopic (exact) mass is 439 g/mol. The van der Waals surface area contributed by atoms with Gasteiger partial charge in [-0.05, 0) is 29.8 Å².